The van der Waals surface area contributed by atoms with Crippen LogP contribution in [0.25, 0.3) is 0 Å². The Labute approximate surface area is 245 Å². The number of hydrogen-bond donors (Lipinski definition) is 2. The van der Waals surface area contributed by atoms with E-state index >= 15 is 0 Å². The minimum Gasteiger partial charge on any atom is -1.00 e. The molecule has 0 radical (unpaired) electrons. The first-order valence-electron chi connectivity index (χ1n) is 16.6. The van der Waals surface area contributed by atoms with E-state index in [9.17, 15) is 0 Å². The topological polar surface area (TPSA) is 27.9 Å². The van der Waals surface area contributed by atoms with Crippen LogP contribution >= 0.6 is 0 Å². The molecule has 38 heavy (non-hydrogen) atoms. The van der Waals surface area contributed by atoms with Crippen LogP contribution in [-0.4, -0.2) is 19.3 Å². The summed E-state index contributed by atoms with van der Waals surface area (Å²) in [7, 11) is 0. The van der Waals surface area contributed by atoms with Crippen LogP contribution in [-0.2, 0) is 6.54 Å². The molecule has 1 atom stereocenters. The van der Waals surface area contributed by atoms with Crippen LogP contribution < -0.4 is 27.6 Å². The number of halogens is 1. The lowest BCUT2D eigenvalue weighted by molar-refractivity contribution is -0.697. The van der Waals surface area contributed by atoms with Crippen molar-refractivity contribution >= 4 is 0 Å². The highest BCUT2D eigenvalue weighted by Crippen LogP contribution is 2.19. The van der Waals surface area contributed by atoms with E-state index in [-0.39, 0.29) is 12.4 Å². The summed E-state index contributed by atoms with van der Waals surface area (Å²) in [4.78, 5) is 0. The van der Waals surface area contributed by atoms with Gasteiger partial charge in [-0.2, -0.15) is 0 Å². The van der Waals surface area contributed by atoms with E-state index < -0.39 is 0 Å². The Balaban J connectivity index is 0.000000750. The summed E-state index contributed by atoms with van der Waals surface area (Å²) < 4.78 is 2.29. The van der Waals surface area contributed by atoms with E-state index in [1.54, 1.807) is 0 Å². The van der Waals surface area contributed by atoms with Crippen molar-refractivity contribution < 1.29 is 17.0 Å². The van der Waals surface area contributed by atoms with Gasteiger partial charge in [0.2, 0.25) is 0 Å². The lowest BCUT2D eigenvalue weighted by atomic mass is 9.93. The number of nitrogens with zero attached hydrogens (tertiary/aromatic N) is 1. The highest BCUT2D eigenvalue weighted by atomic mass is 35.5. The van der Waals surface area contributed by atoms with Crippen molar-refractivity contribution in [2.24, 2.45) is 11.8 Å². The molecular formula is C34H66ClN3. The summed E-state index contributed by atoms with van der Waals surface area (Å²) >= 11 is 0. The maximum absolute atomic E-state index is 3.60. The number of unbranched alkanes of at least 4 members (excludes halogenated alkanes) is 14. The fourth-order valence-electron chi connectivity index (χ4n) is 5.38. The van der Waals surface area contributed by atoms with Crippen LogP contribution in [0.1, 0.15) is 150 Å². The number of rotatable bonds is 21. The third-order valence-electron chi connectivity index (χ3n) is 8.08. The first-order valence-corrected chi connectivity index (χ1v) is 16.6. The predicted octanol–water partition coefficient (Wildman–Crippen LogP) is 6.21. The Morgan fingerprint density at radius 3 is 1.61 bits per heavy atom. The Bertz CT molecular complexity index is 572. The van der Waals surface area contributed by atoms with Crippen molar-refractivity contribution in [2.75, 3.05) is 13.1 Å². The number of pyridine rings is 1. The Hall–Kier alpha value is -0.640. The van der Waals surface area contributed by atoms with E-state index in [0.717, 1.165) is 11.8 Å². The zero-order valence-corrected chi connectivity index (χ0v) is 26.8. The van der Waals surface area contributed by atoms with E-state index in [1.165, 1.54) is 142 Å². The van der Waals surface area contributed by atoms with E-state index in [2.05, 4.69) is 73.5 Å². The number of hydrogen-bond acceptors (Lipinski definition) is 2. The molecule has 2 heterocycles. The van der Waals surface area contributed by atoms with Gasteiger partial charge in [0.05, 0.1) is 6.17 Å². The second kappa shape index (κ2) is 27.9. The van der Waals surface area contributed by atoms with Gasteiger partial charge in [0.1, 0.15) is 6.54 Å². The minimum atomic E-state index is 0. The molecule has 2 N–H and O–H groups in total. The van der Waals surface area contributed by atoms with Crippen molar-refractivity contribution in [1.82, 2.24) is 10.6 Å². The zero-order chi connectivity index (χ0) is 26.8. The highest BCUT2D eigenvalue weighted by Gasteiger charge is 2.19. The fourth-order valence-corrected chi connectivity index (χ4v) is 5.38. The van der Waals surface area contributed by atoms with E-state index in [0.29, 0.717) is 6.17 Å². The predicted molar refractivity (Wildman–Crippen MR) is 164 cm³/mol. The molecule has 4 heteroatoms. The molecule has 1 aromatic rings. The molecule has 2 rings (SSSR count). The number of aromatic nitrogens is 1. The molecule has 1 fully saturated rings. The molecule has 0 amide bonds. The largest absolute Gasteiger partial charge is 1.00 e. The van der Waals surface area contributed by atoms with Crippen molar-refractivity contribution in [3.8, 4) is 0 Å². The number of nitrogens with one attached hydrogen (secondary N) is 2. The van der Waals surface area contributed by atoms with Gasteiger partial charge in [-0.1, -0.05) is 136 Å². The third kappa shape index (κ3) is 22.2. The van der Waals surface area contributed by atoms with Crippen LogP contribution in [0, 0.1) is 11.8 Å². The molecule has 0 bridgehead atoms. The maximum Gasteiger partial charge on any atom is 0.168 e. The third-order valence-corrected chi connectivity index (χ3v) is 8.08. The normalized spacial score (nSPS) is 17.8. The Morgan fingerprint density at radius 2 is 1.13 bits per heavy atom. The van der Waals surface area contributed by atoms with Crippen molar-refractivity contribution in [2.45, 2.75) is 162 Å². The lowest BCUT2D eigenvalue weighted by Gasteiger charge is -2.31. The van der Waals surface area contributed by atoms with Gasteiger partial charge in [-0.3, -0.25) is 0 Å². The van der Waals surface area contributed by atoms with Crippen molar-refractivity contribution in [3.05, 3.63) is 30.6 Å². The zero-order valence-electron chi connectivity index (χ0n) is 26.0. The van der Waals surface area contributed by atoms with Gasteiger partial charge < -0.3 is 23.0 Å². The molecule has 1 saturated heterocycles. The maximum atomic E-state index is 3.60. The average Bonchev–Trinajstić information content (AvgIpc) is 2.93. The summed E-state index contributed by atoms with van der Waals surface area (Å²) in [6.07, 6.45) is 31.8. The van der Waals surface area contributed by atoms with Crippen LogP contribution in [0.3, 0.4) is 0 Å². The highest BCUT2D eigenvalue weighted by molar-refractivity contribution is 4.83. The fraction of sp³-hybridized carbons (Fsp3) is 0.853. The molecule has 1 aromatic heterocycles. The SMILES string of the molecule is CCCCC(CC)CC1NCC(C)CN1.CCCCCCCCCCCCCCCC[n+]1ccccc1.[Cl-]. The van der Waals surface area contributed by atoms with Gasteiger partial charge in [-0.05, 0) is 24.7 Å². The lowest BCUT2D eigenvalue weighted by Crippen LogP contribution is -3.00. The molecule has 1 aliphatic rings. The standard InChI is InChI=1S/C21H38N.C13H28N2.ClH/c1-2-3-4-5-6-7-8-9-10-11-12-13-14-16-19-22-20-17-15-18-21-22;1-4-6-7-12(5-2)8-13-14-9-11(3)10-15-13;/h15,17-18,20-21H,2-14,16,19H2,1H3;11-15H,4-10H2,1-3H3;1H/q+1;;/p-1. The molecule has 1 aliphatic heterocycles. The summed E-state index contributed by atoms with van der Waals surface area (Å²) in [5.74, 6) is 1.69. The molecule has 0 aromatic carbocycles. The van der Waals surface area contributed by atoms with Gasteiger partial charge in [-0.15, -0.1) is 0 Å². The summed E-state index contributed by atoms with van der Waals surface area (Å²) in [5, 5.41) is 7.20. The van der Waals surface area contributed by atoms with Crippen LogP contribution in [0.15, 0.2) is 30.6 Å². The van der Waals surface area contributed by atoms with Crippen LogP contribution in [0.2, 0.25) is 0 Å². The monoisotopic (exact) mass is 551 g/mol. The van der Waals surface area contributed by atoms with E-state index in [4.69, 9.17) is 0 Å². The summed E-state index contributed by atoms with van der Waals surface area (Å²) in [6.45, 7) is 12.7. The quantitative estimate of drug-likeness (QED) is 0.140. The average molecular weight is 552 g/mol. The number of aryl methyl sites for hydroxylation is 1. The van der Waals surface area contributed by atoms with Gasteiger partial charge in [0.15, 0.2) is 12.4 Å². The molecule has 0 spiro atoms. The van der Waals surface area contributed by atoms with Gasteiger partial charge in [0.25, 0.3) is 0 Å². The van der Waals surface area contributed by atoms with Gasteiger partial charge in [-0.25, -0.2) is 4.57 Å². The minimum absolute atomic E-state index is 0. The first kappa shape index (κ1) is 37.4. The van der Waals surface area contributed by atoms with Gasteiger partial charge >= 0.3 is 0 Å². The summed E-state index contributed by atoms with van der Waals surface area (Å²) in [5.41, 5.74) is 0. The molecule has 0 aliphatic carbocycles. The molecule has 0 saturated carbocycles. The van der Waals surface area contributed by atoms with Gasteiger partial charge in [0, 0.05) is 31.6 Å². The molecular weight excluding hydrogens is 486 g/mol. The second-order valence-corrected chi connectivity index (χ2v) is 11.8. The molecule has 1 unspecified atom stereocenters. The van der Waals surface area contributed by atoms with Crippen LogP contribution in [0.5, 0.6) is 0 Å². The first-order chi connectivity index (χ1) is 18.2. The van der Waals surface area contributed by atoms with Crippen LogP contribution in [0.4, 0.5) is 0 Å². The Morgan fingerprint density at radius 1 is 0.658 bits per heavy atom. The van der Waals surface area contributed by atoms with E-state index in [1.807, 2.05) is 0 Å². The second-order valence-electron chi connectivity index (χ2n) is 11.8. The molecule has 3 nitrogen and oxygen atoms in total. The van der Waals surface area contributed by atoms with Crippen molar-refractivity contribution in [1.29, 1.82) is 0 Å². The van der Waals surface area contributed by atoms with Crippen molar-refractivity contribution in [3.63, 3.8) is 0 Å². The molecule has 224 valence electrons. The smallest absolute Gasteiger partial charge is 0.168 e. The Kier molecular flexibility index (Phi) is 27.4. The summed E-state index contributed by atoms with van der Waals surface area (Å²) in [6, 6.07) is 6.31.